The van der Waals surface area contributed by atoms with E-state index in [4.69, 9.17) is 15.7 Å². The SMILES string of the molecule is CCOC(=O)Cc1cc(CN)c(C#N)c(OC(F)F)c1. The number of esters is 1. The van der Waals surface area contributed by atoms with Crippen LogP contribution in [0.3, 0.4) is 0 Å². The molecule has 0 amide bonds. The highest BCUT2D eigenvalue weighted by molar-refractivity contribution is 5.73. The second-order valence-electron chi connectivity index (χ2n) is 3.80. The fourth-order valence-corrected chi connectivity index (χ4v) is 1.69. The van der Waals surface area contributed by atoms with Gasteiger partial charge in [0.25, 0.3) is 0 Å². The van der Waals surface area contributed by atoms with Gasteiger partial charge in [-0.15, -0.1) is 0 Å². The number of hydrogen-bond donors (Lipinski definition) is 1. The Hall–Kier alpha value is -2.20. The molecule has 5 nitrogen and oxygen atoms in total. The minimum Gasteiger partial charge on any atom is -0.466 e. The second-order valence-corrected chi connectivity index (χ2v) is 3.80. The van der Waals surface area contributed by atoms with Crippen LogP contribution in [0, 0.1) is 11.3 Å². The van der Waals surface area contributed by atoms with E-state index in [0.717, 1.165) is 0 Å². The molecule has 0 fully saturated rings. The summed E-state index contributed by atoms with van der Waals surface area (Å²) in [6.45, 7) is -1.21. The molecule has 1 aromatic rings. The smallest absolute Gasteiger partial charge is 0.387 e. The van der Waals surface area contributed by atoms with Gasteiger partial charge in [-0.05, 0) is 24.1 Å². The number of alkyl halides is 2. The van der Waals surface area contributed by atoms with Gasteiger partial charge in [0.05, 0.1) is 18.6 Å². The molecule has 0 aromatic heterocycles. The van der Waals surface area contributed by atoms with Gasteiger partial charge in [-0.25, -0.2) is 0 Å². The Morgan fingerprint density at radius 2 is 2.20 bits per heavy atom. The molecule has 0 atom stereocenters. The van der Waals surface area contributed by atoms with Gasteiger partial charge in [-0.2, -0.15) is 14.0 Å². The molecule has 1 rings (SSSR count). The van der Waals surface area contributed by atoms with E-state index in [1.807, 2.05) is 0 Å². The van der Waals surface area contributed by atoms with E-state index >= 15 is 0 Å². The number of ether oxygens (including phenoxy) is 2. The number of nitrogens with zero attached hydrogens (tertiary/aromatic N) is 1. The fraction of sp³-hybridized carbons (Fsp3) is 0.385. The molecule has 0 aliphatic carbocycles. The molecule has 108 valence electrons. The van der Waals surface area contributed by atoms with Crippen molar-refractivity contribution >= 4 is 5.97 Å². The molecule has 0 heterocycles. The third-order valence-corrected chi connectivity index (χ3v) is 2.45. The topological polar surface area (TPSA) is 85.3 Å². The first kappa shape index (κ1) is 15.9. The molecule has 0 unspecified atom stereocenters. The van der Waals surface area contributed by atoms with Crippen molar-refractivity contribution in [1.82, 2.24) is 0 Å². The van der Waals surface area contributed by atoms with Crippen LogP contribution in [0.15, 0.2) is 12.1 Å². The number of nitriles is 1. The van der Waals surface area contributed by atoms with Gasteiger partial charge < -0.3 is 15.2 Å². The lowest BCUT2D eigenvalue weighted by atomic mass is 10.0. The van der Waals surface area contributed by atoms with E-state index < -0.39 is 12.6 Å². The number of halogens is 2. The van der Waals surface area contributed by atoms with Gasteiger partial charge in [0.2, 0.25) is 0 Å². The summed E-state index contributed by atoms with van der Waals surface area (Å²) in [5.74, 6) is -0.784. The Bertz CT molecular complexity index is 527. The van der Waals surface area contributed by atoms with Crippen LogP contribution in [0.5, 0.6) is 5.75 Å². The largest absolute Gasteiger partial charge is 0.466 e. The van der Waals surface area contributed by atoms with E-state index in [-0.39, 0.29) is 30.9 Å². The van der Waals surface area contributed by atoms with Gasteiger partial charge in [-0.3, -0.25) is 4.79 Å². The van der Waals surface area contributed by atoms with E-state index in [1.165, 1.54) is 12.1 Å². The highest BCUT2D eigenvalue weighted by Crippen LogP contribution is 2.26. The lowest BCUT2D eigenvalue weighted by Gasteiger charge is -2.12. The average molecular weight is 284 g/mol. The molecule has 2 N–H and O–H groups in total. The normalized spacial score (nSPS) is 10.2. The molecule has 1 aromatic carbocycles. The summed E-state index contributed by atoms with van der Waals surface area (Å²) < 4.78 is 33.7. The summed E-state index contributed by atoms with van der Waals surface area (Å²) in [5, 5.41) is 8.98. The van der Waals surface area contributed by atoms with Crippen molar-refractivity contribution in [2.24, 2.45) is 5.73 Å². The van der Waals surface area contributed by atoms with Crippen LogP contribution < -0.4 is 10.5 Å². The van der Waals surface area contributed by atoms with Crippen molar-refractivity contribution in [1.29, 1.82) is 5.26 Å². The first-order valence-electron chi connectivity index (χ1n) is 5.88. The lowest BCUT2D eigenvalue weighted by Crippen LogP contribution is -2.11. The minimum absolute atomic E-state index is 0.0286. The molecule has 20 heavy (non-hydrogen) atoms. The number of carbonyl (C=O) groups is 1. The maximum Gasteiger partial charge on any atom is 0.387 e. The molecule has 0 aliphatic rings. The van der Waals surface area contributed by atoms with Gasteiger partial charge in [-0.1, -0.05) is 6.07 Å². The number of rotatable bonds is 6. The zero-order valence-corrected chi connectivity index (χ0v) is 10.9. The van der Waals surface area contributed by atoms with Crippen molar-refractivity contribution in [2.45, 2.75) is 26.5 Å². The Labute approximate surface area is 114 Å². The van der Waals surface area contributed by atoms with Crippen molar-refractivity contribution in [3.8, 4) is 11.8 Å². The minimum atomic E-state index is -3.06. The van der Waals surface area contributed by atoms with Crippen LogP contribution >= 0.6 is 0 Å². The quantitative estimate of drug-likeness (QED) is 0.804. The van der Waals surface area contributed by atoms with Gasteiger partial charge in [0, 0.05) is 6.54 Å². The average Bonchev–Trinajstić information content (AvgIpc) is 2.37. The van der Waals surface area contributed by atoms with Crippen LogP contribution in [-0.4, -0.2) is 19.2 Å². The van der Waals surface area contributed by atoms with Crippen molar-refractivity contribution < 1.29 is 23.0 Å². The summed E-state index contributed by atoms with van der Waals surface area (Å²) in [6, 6.07) is 4.50. The summed E-state index contributed by atoms with van der Waals surface area (Å²) >= 11 is 0. The molecular weight excluding hydrogens is 270 g/mol. The standard InChI is InChI=1S/C13H14F2N2O3/c1-2-19-12(18)5-8-3-9(6-16)10(7-17)11(4-8)20-13(14)15/h3-4,13H,2,5-6,16H2,1H3. The summed E-state index contributed by atoms with van der Waals surface area (Å²) in [5.41, 5.74) is 6.16. The predicted molar refractivity (Wildman–Crippen MR) is 66.0 cm³/mol. The maximum atomic E-state index is 12.3. The van der Waals surface area contributed by atoms with Crippen LogP contribution in [0.2, 0.25) is 0 Å². The van der Waals surface area contributed by atoms with Crippen molar-refractivity contribution in [3.05, 3.63) is 28.8 Å². The van der Waals surface area contributed by atoms with Gasteiger partial charge >= 0.3 is 12.6 Å². The maximum absolute atomic E-state index is 12.3. The third-order valence-electron chi connectivity index (χ3n) is 2.45. The molecule has 0 saturated heterocycles. The predicted octanol–water partition coefficient (Wildman–Crippen LogP) is 1.72. The van der Waals surface area contributed by atoms with Crippen molar-refractivity contribution in [3.63, 3.8) is 0 Å². The van der Waals surface area contributed by atoms with E-state index in [0.29, 0.717) is 11.1 Å². The zero-order chi connectivity index (χ0) is 15.1. The molecular formula is C13H14F2N2O3. The number of nitrogens with two attached hydrogens (primary N) is 1. The Morgan fingerprint density at radius 3 is 2.70 bits per heavy atom. The Morgan fingerprint density at radius 1 is 1.50 bits per heavy atom. The van der Waals surface area contributed by atoms with Gasteiger partial charge in [0.1, 0.15) is 11.8 Å². The molecule has 0 aliphatic heterocycles. The van der Waals surface area contributed by atoms with Crippen LogP contribution in [0.25, 0.3) is 0 Å². The van der Waals surface area contributed by atoms with E-state index in [2.05, 4.69) is 4.74 Å². The fourth-order valence-electron chi connectivity index (χ4n) is 1.69. The number of carbonyl (C=O) groups excluding carboxylic acids is 1. The second kappa shape index (κ2) is 7.40. The van der Waals surface area contributed by atoms with Crippen LogP contribution in [0.4, 0.5) is 8.78 Å². The molecule has 0 radical (unpaired) electrons. The molecule has 7 heteroatoms. The lowest BCUT2D eigenvalue weighted by molar-refractivity contribution is -0.142. The van der Waals surface area contributed by atoms with E-state index in [9.17, 15) is 13.6 Å². The van der Waals surface area contributed by atoms with E-state index in [1.54, 1.807) is 13.0 Å². The Balaban J connectivity index is 3.14. The highest BCUT2D eigenvalue weighted by atomic mass is 19.3. The summed E-state index contributed by atoms with van der Waals surface area (Å²) in [7, 11) is 0. The van der Waals surface area contributed by atoms with Crippen LogP contribution in [-0.2, 0) is 22.5 Å². The highest BCUT2D eigenvalue weighted by Gasteiger charge is 2.16. The summed E-state index contributed by atoms with van der Waals surface area (Å²) in [4.78, 5) is 11.4. The first-order chi connectivity index (χ1) is 9.51. The van der Waals surface area contributed by atoms with Crippen molar-refractivity contribution in [2.75, 3.05) is 6.61 Å². The number of hydrogen-bond acceptors (Lipinski definition) is 5. The number of benzene rings is 1. The third kappa shape index (κ3) is 4.17. The molecule has 0 spiro atoms. The molecule has 0 bridgehead atoms. The monoisotopic (exact) mass is 284 g/mol. The first-order valence-corrected chi connectivity index (χ1v) is 5.88. The Kier molecular flexibility index (Phi) is 5.87. The zero-order valence-electron chi connectivity index (χ0n) is 10.9. The van der Waals surface area contributed by atoms with Crippen LogP contribution in [0.1, 0.15) is 23.6 Å². The summed E-state index contributed by atoms with van der Waals surface area (Å²) in [6.07, 6.45) is -0.105. The molecule has 0 saturated carbocycles. The van der Waals surface area contributed by atoms with Gasteiger partial charge in [0.15, 0.2) is 0 Å².